The van der Waals surface area contributed by atoms with Crippen LogP contribution in [0.15, 0.2) is 23.2 Å². The van der Waals surface area contributed by atoms with Crippen molar-refractivity contribution in [2.45, 2.75) is 60.0 Å². The molecule has 0 amide bonds. The summed E-state index contributed by atoms with van der Waals surface area (Å²) < 4.78 is 13.4. The maximum absolute atomic E-state index is 5.77. The second kappa shape index (κ2) is 14.1. The standard InChI is InChI=1S/C22H36N6O2.HI/c1-7-10-13-23-22(24-15-21-27-26-17(5)28(21)6)25-16(4)18-11-12-19(29-8-2)20(14-18)30-9-3;/h11-12,14,16H,7-10,13,15H2,1-6H3,(H2,23,24,25);1H. The summed E-state index contributed by atoms with van der Waals surface area (Å²) in [5, 5.41) is 15.2. The lowest BCUT2D eigenvalue weighted by molar-refractivity contribution is 0.287. The van der Waals surface area contributed by atoms with Gasteiger partial charge in [0.25, 0.3) is 0 Å². The summed E-state index contributed by atoms with van der Waals surface area (Å²) in [6.07, 6.45) is 2.20. The van der Waals surface area contributed by atoms with Crippen molar-refractivity contribution in [3.05, 3.63) is 35.4 Å². The molecule has 1 atom stereocenters. The molecule has 0 bridgehead atoms. The number of hydrogen-bond acceptors (Lipinski definition) is 5. The van der Waals surface area contributed by atoms with Crippen LogP contribution in [0.3, 0.4) is 0 Å². The third kappa shape index (κ3) is 8.19. The van der Waals surface area contributed by atoms with Crippen molar-refractivity contribution in [2.75, 3.05) is 19.8 Å². The number of aryl methyl sites for hydroxylation is 1. The van der Waals surface area contributed by atoms with E-state index in [4.69, 9.17) is 14.5 Å². The number of nitrogens with zero attached hydrogens (tertiary/aromatic N) is 4. The van der Waals surface area contributed by atoms with E-state index in [-0.39, 0.29) is 30.0 Å². The number of benzene rings is 1. The smallest absolute Gasteiger partial charge is 0.192 e. The van der Waals surface area contributed by atoms with Crippen LogP contribution in [-0.2, 0) is 13.6 Å². The first kappa shape index (κ1) is 27.0. The molecule has 0 spiro atoms. The lowest BCUT2D eigenvalue weighted by Crippen LogP contribution is -2.39. The van der Waals surface area contributed by atoms with Crippen LogP contribution in [0.25, 0.3) is 0 Å². The number of unbranched alkanes of at least 4 members (excludes halogenated alkanes) is 1. The summed E-state index contributed by atoms with van der Waals surface area (Å²) in [7, 11) is 1.95. The summed E-state index contributed by atoms with van der Waals surface area (Å²) in [5.74, 6) is 3.99. The number of aromatic nitrogens is 3. The van der Waals surface area contributed by atoms with Crippen molar-refractivity contribution in [1.29, 1.82) is 0 Å². The first-order valence-electron chi connectivity index (χ1n) is 10.8. The molecule has 9 heteroatoms. The minimum atomic E-state index is 0. The fraction of sp³-hybridized carbons (Fsp3) is 0.591. The summed E-state index contributed by atoms with van der Waals surface area (Å²) in [6.45, 7) is 12.7. The van der Waals surface area contributed by atoms with Gasteiger partial charge in [-0.25, -0.2) is 4.99 Å². The Morgan fingerprint density at radius 1 is 1.13 bits per heavy atom. The molecule has 2 aromatic rings. The molecule has 2 N–H and O–H groups in total. The summed E-state index contributed by atoms with van der Waals surface area (Å²) in [4.78, 5) is 4.73. The zero-order chi connectivity index (χ0) is 21.9. The molecule has 0 aliphatic rings. The van der Waals surface area contributed by atoms with Crippen LogP contribution in [0.5, 0.6) is 11.5 Å². The second-order valence-electron chi connectivity index (χ2n) is 7.11. The van der Waals surface area contributed by atoms with Crippen molar-refractivity contribution in [2.24, 2.45) is 12.0 Å². The molecule has 1 heterocycles. The average Bonchev–Trinajstić information content (AvgIpc) is 3.05. The van der Waals surface area contributed by atoms with E-state index in [0.717, 1.165) is 54.1 Å². The molecule has 1 unspecified atom stereocenters. The number of guanidine groups is 1. The van der Waals surface area contributed by atoms with Gasteiger partial charge in [-0.2, -0.15) is 0 Å². The maximum Gasteiger partial charge on any atom is 0.192 e. The predicted molar refractivity (Wildman–Crippen MR) is 136 cm³/mol. The van der Waals surface area contributed by atoms with Crippen LogP contribution in [0.4, 0.5) is 0 Å². The molecule has 0 aliphatic carbocycles. The minimum absolute atomic E-state index is 0. The highest BCUT2D eigenvalue weighted by atomic mass is 127. The van der Waals surface area contributed by atoms with E-state index in [1.165, 1.54) is 0 Å². The average molecular weight is 544 g/mol. The summed E-state index contributed by atoms with van der Waals surface area (Å²) >= 11 is 0. The van der Waals surface area contributed by atoms with Gasteiger partial charge in [0.2, 0.25) is 0 Å². The first-order chi connectivity index (χ1) is 14.5. The normalized spacial score (nSPS) is 12.1. The molecule has 0 saturated heterocycles. The Morgan fingerprint density at radius 3 is 2.45 bits per heavy atom. The minimum Gasteiger partial charge on any atom is -0.490 e. The second-order valence-corrected chi connectivity index (χ2v) is 7.11. The highest BCUT2D eigenvalue weighted by molar-refractivity contribution is 14.0. The number of aliphatic imine (C=N–C) groups is 1. The zero-order valence-corrected chi connectivity index (χ0v) is 21.9. The van der Waals surface area contributed by atoms with Crippen molar-refractivity contribution >= 4 is 29.9 Å². The molecular weight excluding hydrogens is 507 g/mol. The number of ether oxygens (including phenoxy) is 2. The largest absolute Gasteiger partial charge is 0.490 e. The number of rotatable bonds is 11. The maximum atomic E-state index is 5.77. The van der Waals surface area contributed by atoms with Crippen molar-refractivity contribution < 1.29 is 9.47 Å². The van der Waals surface area contributed by atoms with Crippen molar-refractivity contribution in [3.8, 4) is 11.5 Å². The van der Waals surface area contributed by atoms with E-state index in [9.17, 15) is 0 Å². The molecule has 0 fully saturated rings. The van der Waals surface area contributed by atoms with Crippen LogP contribution >= 0.6 is 24.0 Å². The Bertz CT molecular complexity index is 824. The Morgan fingerprint density at radius 2 is 1.84 bits per heavy atom. The van der Waals surface area contributed by atoms with Crippen LogP contribution in [0, 0.1) is 6.92 Å². The highest BCUT2D eigenvalue weighted by Crippen LogP contribution is 2.30. The predicted octanol–water partition coefficient (Wildman–Crippen LogP) is 4.14. The topological polar surface area (TPSA) is 85.6 Å². The summed E-state index contributed by atoms with van der Waals surface area (Å²) in [5.41, 5.74) is 1.10. The van der Waals surface area contributed by atoms with Crippen LogP contribution in [-0.4, -0.2) is 40.5 Å². The van der Waals surface area contributed by atoms with Gasteiger partial charge in [-0.05, 0) is 51.8 Å². The molecule has 0 radical (unpaired) electrons. The monoisotopic (exact) mass is 544 g/mol. The molecular formula is C22H37IN6O2. The Kier molecular flexibility index (Phi) is 12.3. The van der Waals surface area contributed by atoms with Crippen molar-refractivity contribution in [1.82, 2.24) is 25.4 Å². The SMILES string of the molecule is CCCCNC(=NCc1nnc(C)n1C)NC(C)c1ccc(OCC)c(OCC)c1.I. The quantitative estimate of drug-likeness (QED) is 0.192. The van der Waals surface area contributed by atoms with Crippen molar-refractivity contribution in [3.63, 3.8) is 0 Å². The molecule has 1 aromatic heterocycles. The Labute approximate surface area is 203 Å². The fourth-order valence-electron chi connectivity index (χ4n) is 2.90. The molecule has 0 saturated carbocycles. The third-order valence-electron chi connectivity index (χ3n) is 4.80. The van der Waals surface area contributed by atoms with Gasteiger partial charge in [0.15, 0.2) is 23.3 Å². The van der Waals surface area contributed by atoms with E-state index in [1.807, 2.05) is 44.5 Å². The molecule has 31 heavy (non-hydrogen) atoms. The van der Waals surface area contributed by atoms with Gasteiger partial charge in [-0.1, -0.05) is 19.4 Å². The van der Waals surface area contributed by atoms with Gasteiger partial charge in [-0.3, -0.25) is 0 Å². The number of hydrogen-bond donors (Lipinski definition) is 2. The Balaban J connectivity index is 0.00000480. The summed E-state index contributed by atoms with van der Waals surface area (Å²) in [6, 6.07) is 6.09. The highest BCUT2D eigenvalue weighted by Gasteiger charge is 2.13. The van der Waals surface area contributed by atoms with Gasteiger partial charge in [0.1, 0.15) is 12.4 Å². The van der Waals surface area contributed by atoms with Crippen LogP contribution in [0.1, 0.15) is 63.8 Å². The molecule has 8 nitrogen and oxygen atoms in total. The third-order valence-corrected chi connectivity index (χ3v) is 4.80. The fourth-order valence-corrected chi connectivity index (χ4v) is 2.90. The van der Waals surface area contributed by atoms with Gasteiger partial charge < -0.3 is 24.7 Å². The van der Waals surface area contributed by atoms with Crippen LogP contribution < -0.4 is 20.1 Å². The van der Waals surface area contributed by atoms with Gasteiger partial charge in [0.05, 0.1) is 19.3 Å². The van der Waals surface area contributed by atoms with E-state index in [2.05, 4.69) is 40.7 Å². The molecule has 0 aliphatic heterocycles. The number of halogens is 1. The van der Waals surface area contributed by atoms with Crippen LogP contribution in [0.2, 0.25) is 0 Å². The first-order valence-corrected chi connectivity index (χ1v) is 10.8. The lowest BCUT2D eigenvalue weighted by atomic mass is 10.1. The Hall–Kier alpha value is -2.04. The van der Waals surface area contributed by atoms with E-state index in [0.29, 0.717) is 19.8 Å². The molecule has 2 rings (SSSR count). The van der Waals surface area contributed by atoms with E-state index >= 15 is 0 Å². The van der Waals surface area contributed by atoms with E-state index < -0.39 is 0 Å². The van der Waals surface area contributed by atoms with Gasteiger partial charge in [-0.15, -0.1) is 34.2 Å². The molecule has 1 aromatic carbocycles. The number of nitrogens with one attached hydrogen (secondary N) is 2. The van der Waals surface area contributed by atoms with Gasteiger partial charge >= 0.3 is 0 Å². The molecule has 174 valence electrons. The van der Waals surface area contributed by atoms with E-state index in [1.54, 1.807) is 0 Å². The van der Waals surface area contributed by atoms with Gasteiger partial charge in [0, 0.05) is 13.6 Å². The lowest BCUT2D eigenvalue weighted by Gasteiger charge is -2.20. The zero-order valence-electron chi connectivity index (χ0n) is 19.6.